The molecule has 1 aliphatic rings. The number of nitrogens with zero attached hydrogens (tertiary/aromatic N) is 1. The molecule has 1 rings (SSSR count). The van der Waals surface area contributed by atoms with E-state index >= 15 is 0 Å². The normalized spacial score (nSPS) is 18.0. The predicted molar refractivity (Wildman–Crippen MR) is 63.3 cm³/mol. The number of hydrogen-bond acceptors (Lipinski definition) is 2. The van der Waals surface area contributed by atoms with Crippen molar-refractivity contribution in [1.82, 2.24) is 10.2 Å². The fourth-order valence-electron chi connectivity index (χ4n) is 1.66. The van der Waals surface area contributed by atoms with E-state index in [1.807, 2.05) is 4.90 Å². The Hall–Kier alpha value is -0.770. The molecular formula is C11H19ClN2O2. The Kier molecular flexibility index (Phi) is 5.60. The maximum absolute atomic E-state index is 11.7. The summed E-state index contributed by atoms with van der Waals surface area (Å²) in [4.78, 5) is 24.9. The molecule has 1 aliphatic heterocycles. The lowest BCUT2D eigenvalue weighted by Crippen LogP contribution is -2.43. The number of halogens is 1. The summed E-state index contributed by atoms with van der Waals surface area (Å²) >= 11 is 5.55. The molecule has 1 N–H and O–H groups in total. The van der Waals surface area contributed by atoms with Gasteiger partial charge in [0, 0.05) is 24.9 Å². The van der Waals surface area contributed by atoms with Crippen LogP contribution in [0.4, 0.5) is 0 Å². The second-order valence-corrected chi connectivity index (χ2v) is 4.52. The second-order valence-electron chi connectivity index (χ2n) is 4.21. The van der Waals surface area contributed by atoms with E-state index in [0.717, 1.165) is 25.9 Å². The van der Waals surface area contributed by atoms with E-state index in [1.54, 1.807) is 6.92 Å². The van der Waals surface area contributed by atoms with Crippen molar-refractivity contribution >= 4 is 23.4 Å². The molecule has 5 heteroatoms. The molecule has 1 saturated heterocycles. The van der Waals surface area contributed by atoms with Crippen LogP contribution in [0, 0.1) is 5.92 Å². The first-order valence-corrected chi connectivity index (χ1v) is 6.30. The highest BCUT2D eigenvalue weighted by Gasteiger charge is 2.18. The van der Waals surface area contributed by atoms with Crippen LogP contribution in [0.3, 0.4) is 0 Å². The molecule has 1 heterocycles. The molecule has 1 atom stereocenters. The Morgan fingerprint density at radius 3 is 2.50 bits per heavy atom. The van der Waals surface area contributed by atoms with Gasteiger partial charge in [0.2, 0.25) is 11.8 Å². The van der Waals surface area contributed by atoms with Crippen molar-refractivity contribution in [3.8, 4) is 0 Å². The monoisotopic (exact) mass is 246 g/mol. The third kappa shape index (κ3) is 4.00. The summed E-state index contributed by atoms with van der Waals surface area (Å²) in [6.07, 6.45) is 3.33. The number of carbonyl (C=O) groups excluding carboxylic acids is 2. The molecular weight excluding hydrogens is 228 g/mol. The first-order valence-electron chi connectivity index (χ1n) is 5.76. The minimum Gasteiger partial charge on any atom is -0.347 e. The van der Waals surface area contributed by atoms with E-state index in [4.69, 9.17) is 11.6 Å². The van der Waals surface area contributed by atoms with Crippen molar-refractivity contribution in [3.63, 3.8) is 0 Å². The Morgan fingerprint density at radius 1 is 1.31 bits per heavy atom. The van der Waals surface area contributed by atoms with Crippen LogP contribution in [-0.4, -0.2) is 42.2 Å². The van der Waals surface area contributed by atoms with Gasteiger partial charge in [-0.15, -0.1) is 11.6 Å². The topological polar surface area (TPSA) is 49.4 Å². The number of nitrogens with one attached hydrogen (secondary N) is 1. The number of likely N-dealkylation sites (tertiary alicyclic amines) is 1. The van der Waals surface area contributed by atoms with E-state index in [2.05, 4.69) is 5.32 Å². The largest absolute Gasteiger partial charge is 0.347 e. The average Bonchev–Trinajstić information content (AvgIpc) is 2.35. The summed E-state index contributed by atoms with van der Waals surface area (Å²) in [5.41, 5.74) is 0. The van der Waals surface area contributed by atoms with Gasteiger partial charge in [-0.1, -0.05) is 6.92 Å². The van der Waals surface area contributed by atoms with Crippen LogP contribution in [0.25, 0.3) is 0 Å². The van der Waals surface area contributed by atoms with Crippen molar-refractivity contribution in [2.24, 2.45) is 5.92 Å². The summed E-state index contributed by atoms with van der Waals surface area (Å²) in [7, 11) is 0. The predicted octanol–water partition coefficient (Wildman–Crippen LogP) is 0.990. The van der Waals surface area contributed by atoms with Crippen LogP contribution in [-0.2, 0) is 9.59 Å². The summed E-state index contributed by atoms with van der Waals surface area (Å²) in [6.45, 7) is 3.48. The summed E-state index contributed by atoms with van der Waals surface area (Å²) in [5.74, 6) is -0.102. The molecule has 0 aromatic rings. The van der Waals surface area contributed by atoms with Crippen molar-refractivity contribution in [2.45, 2.75) is 26.2 Å². The Bertz CT molecular complexity index is 252. The highest BCUT2D eigenvalue weighted by Crippen LogP contribution is 2.08. The number of hydrogen-bond donors (Lipinski definition) is 1. The maximum Gasteiger partial charge on any atom is 0.241 e. The number of alkyl halides is 1. The van der Waals surface area contributed by atoms with Crippen LogP contribution in [0.15, 0.2) is 0 Å². The van der Waals surface area contributed by atoms with Gasteiger partial charge in [-0.2, -0.15) is 0 Å². The molecule has 0 aromatic carbocycles. The molecule has 0 bridgehead atoms. The summed E-state index contributed by atoms with van der Waals surface area (Å²) in [6, 6.07) is 0. The van der Waals surface area contributed by atoms with Crippen LogP contribution < -0.4 is 5.32 Å². The highest BCUT2D eigenvalue weighted by atomic mass is 35.5. The highest BCUT2D eigenvalue weighted by molar-refractivity contribution is 6.19. The molecule has 2 amide bonds. The minimum atomic E-state index is -0.240. The smallest absolute Gasteiger partial charge is 0.241 e. The molecule has 16 heavy (non-hydrogen) atoms. The van der Waals surface area contributed by atoms with Gasteiger partial charge in [0.05, 0.1) is 6.54 Å². The molecule has 0 aliphatic carbocycles. The van der Waals surface area contributed by atoms with Gasteiger partial charge in [-0.25, -0.2) is 0 Å². The Balaban J connectivity index is 2.26. The molecule has 1 unspecified atom stereocenters. The number of piperidine rings is 1. The van der Waals surface area contributed by atoms with Crippen molar-refractivity contribution in [2.75, 3.05) is 25.5 Å². The number of carbonyl (C=O) groups is 2. The zero-order chi connectivity index (χ0) is 12.0. The minimum absolute atomic E-state index is 0.00909. The zero-order valence-electron chi connectivity index (χ0n) is 9.67. The molecule has 0 radical (unpaired) electrons. The van der Waals surface area contributed by atoms with E-state index in [0.29, 0.717) is 0 Å². The van der Waals surface area contributed by atoms with Gasteiger partial charge in [0.15, 0.2) is 0 Å². The van der Waals surface area contributed by atoms with Crippen molar-refractivity contribution in [1.29, 1.82) is 0 Å². The van der Waals surface area contributed by atoms with Gasteiger partial charge < -0.3 is 10.2 Å². The first-order chi connectivity index (χ1) is 7.65. The second kappa shape index (κ2) is 6.74. The van der Waals surface area contributed by atoms with E-state index in [-0.39, 0.29) is 30.2 Å². The average molecular weight is 247 g/mol. The molecule has 4 nitrogen and oxygen atoms in total. The lowest BCUT2D eigenvalue weighted by Gasteiger charge is -2.26. The Labute approximate surface area is 101 Å². The zero-order valence-corrected chi connectivity index (χ0v) is 10.4. The van der Waals surface area contributed by atoms with Gasteiger partial charge in [-0.05, 0) is 19.3 Å². The van der Waals surface area contributed by atoms with Crippen molar-refractivity contribution < 1.29 is 9.59 Å². The van der Waals surface area contributed by atoms with E-state index in [1.165, 1.54) is 6.42 Å². The Morgan fingerprint density at radius 2 is 1.94 bits per heavy atom. The first kappa shape index (κ1) is 13.3. The van der Waals surface area contributed by atoms with E-state index < -0.39 is 0 Å². The fourth-order valence-corrected chi connectivity index (χ4v) is 1.80. The van der Waals surface area contributed by atoms with Gasteiger partial charge >= 0.3 is 0 Å². The third-order valence-corrected chi connectivity index (χ3v) is 3.26. The third-order valence-electron chi connectivity index (χ3n) is 2.80. The quantitative estimate of drug-likeness (QED) is 0.752. The molecule has 92 valence electrons. The van der Waals surface area contributed by atoms with Gasteiger partial charge in [-0.3, -0.25) is 9.59 Å². The summed E-state index contributed by atoms with van der Waals surface area (Å²) in [5, 5.41) is 2.62. The standard InChI is InChI=1S/C11H19ClN2O2/c1-9(7-12)11(16)13-8-10(15)14-5-3-2-4-6-14/h9H,2-8H2,1H3,(H,13,16). The van der Waals surface area contributed by atoms with Crippen molar-refractivity contribution in [3.05, 3.63) is 0 Å². The van der Waals surface area contributed by atoms with Crippen LogP contribution in [0.1, 0.15) is 26.2 Å². The van der Waals surface area contributed by atoms with Crippen LogP contribution in [0.5, 0.6) is 0 Å². The fraction of sp³-hybridized carbons (Fsp3) is 0.818. The van der Waals surface area contributed by atoms with Crippen LogP contribution in [0.2, 0.25) is 0 Å². The molecule has 0 spiro atoms. The van der Waals surface area contributed by atoms with E-state index in [9.17, 15) is 9.59 Å². The van der Waals surface area contributed by atoms with Crippen LogP contribution >= 0.6 is 11.6 Å². The molecule has 0 aromatic heterocycles. The lowest BCUT2D eigenvalue weighted by molar-refractivity contribution is -0.134. The lowest BCUT2D eigenvalue weighted by atomic mass is 10.1. The number of rotatable bonds is 4. The molecule has 0 saturated carbocycles. The maximum atomic E-state index is 11.7. The summed E-state index contributed by atoms with van der Waals surface area (Å²) < 4.78 is 0. The molecule has 1 fully saturated rings. The van der Waals surface area contributed by atoms with Gasteiger partial charge in [0.25, 0.3) is 0 Å². The number of amides is 2. The van der Waals surface area contributed by atoms with Gasteiger partial charge in [0.1, 0.15) is 0 Å². The SMILES string of the molecule is CC(CCl)C(=O)NCC(=O)N1CCCCC1.